The van der Waals surface area contributed by atoms with E-state index in [9.17, 15) is 43.9 Å². The fourth-order valence-electron chi connectivity index (χ4n) is 13.4. The second-order valence-corrected chi connectivity index (χ2v) is 38.3. The van der Waals surface area contributed by atoms with Gasteiger partial charge < -0.3 is 36.2 Å². The molecule has 19 rings (SSSR count). The zero-order valence-corrected chi connectivity index (χ0v) is 72.1. The van der Waals surface area contributed by atoms with Crippen molar-refractivity contribution < 1.29 is 48.6 Å². The highest BCUT2D eigenvalue weighted by atomic mass is 79.9. The number of H-pyrrole nitrogens is 4. The quantitative estimate of drug-likeness (QED) is 0.0337. The van der Waals surface area contributed by atoms with Crippen LogP contribution in [0.3, 0.4) is 0 Å². The molecule has 0 amide bonds. The lowest BCUT2D eigenvalue weighted by Gasteiger charge is -2.06. The Bertz CT molecular complexity index is 7590. The van der Waals surface area contributed by atoms with Crippen LogP contribution in [0.15, 0.2) is 312 Å². The van der Waals surface area contributed by atoms with Gasteiger partial charge in [0.05, 0.1) is 49.5 Å². The molecular formula is C87H69BrN16O11S8. The number of phenols is 2. The van der Waals surface area contributed by atoms with Crippen LogP contribution in [0.25, 0.3) is 119 Å². The Kier molecular flexibility index (Phi) is 23.8. The maximum Gasteiger partial charge on any atom is 0.238 e. The largest absolute Gasteiger partial charge is 0.508 e. The van der Waals surface area contributed by atoms with Crippen molar-refractivity contribution in [2.75, 3.05) is 28.4 Å². The third-order valence-electron chi connectivity index (χ3n) is 19.4. The zero-order valence-electron chi connectivity index (χ0n) is 64.0. The van der Waals surface area contributed by atoms with E-state index in [-0.39, 0.29) is 31.1 Å². The topological polar surface area (TPSA) is 453 Å². The number of nitrogens with one attached hydrogen (secondary N) is 8. The highest BCUT2D eigenvalue weighted by molar-refractivity contribution is 9.10. The number of halogens is 1. The van der Waals surface area contributed by atoms with Gasteiger partial charge in [0.25, 0.3) is 0 Å². The van der Waals surface area contributed by atoms with E-state index in [1.54, 1.807) is 125 Å². The van der Waals surface area contributed by atoms with E-state index in [4.69, 9.17) is 25.3 Å². The molecule has 8 heterocycles. The van der Waals surface area contributed by atoms with Crippen molar-refractivity contribution in [3.8, 4) is 95.7 Å². The van der Waals surface area contributed by atoms with E-state index in [0.717, 1.165) is 114 Å². The number of thiophene rings is 4. The molecule has 18 N–H and O–H groups in total. The molecule has 0 fully saturated rings. The fraction of sp³-hybridized carbons (Fsp3) is 0.0115. The van der Waals surface area contributed by atoms with Crippen LogP contribution >= 0.6 is 61.3 Å². The van der Waals surface area contributed by atoms with Gasteiger partial charge in [0.15, 0.2) is 23.3 Å². The number of hydrogen-bond donors (Lipinski definition) is 14. The van der Waals surface area contributed by atoms with Crippen LogP contribution < -0.4 is 46.6 Å². The number of sulfonamides is 4. The van der Waals surface area contributed by atoms with Gasteiger partial charge in [-0.1, -0.05) is 107 Å². The number of anilines is 8. The molecular weight excluding hydrogens is 1780 g/mol. The smallest absolute Gasteiger partial charge is 0.238 e. The lowest BCUT2D eigenvalue weighted by molar-refractivity contribution is 0.415. The first-order chi connectivity index (χ1) is 59.1. The molecule has 8 aromatic heterocycles. The molecule has 27 nitrogen and oxygen atoms in total. The van der Waals surface area contributed by atoms with Crippen molar-refractivity contribution in [1.82, 2.24) is 40.8 Å². The van der Waals surface area contributed by atoms with E-state index in [1.807, 2.05) is 84.9 Å². The van der Waals surface area contributed by atoms with Gasteiger partial charge in [-0.25, -0.2) is 54.2 Å². The zero-order chi connectivity index (χ0) is 85.9. The number of methoxy groups -OCH3 is 1. The Morgan fingerprint density at radius 2 is 0.642 bits per heavy atom. The van der Waals surface area contributed by atoms with Gasteiger partial charge >= 0.3 is 0 Å². The van der Waals surface area contributed by atoms with E-state index >= 15 is 0 Å². The molecule has 0 radical (unpaired) electrons. The first-order valence-corrected chi connectivity index (χ1v) is 47.3. The molecule has 0 unspecified atom stereocenters. The Hall–Kier alpha value is -13.2. The number of aromatic nitrogens is 8. The summed E-state index contributed by atoms with van der Waals surface area (Å²) < 4.78 is 102. The highest BCUT2D eigenvalue weighted by Gasteiger charge is 2.21. The summed E-state index contributed by atoms with van der Waals surface area (Å²) in [6.07, 6.45) is 0. The average Bonchev–Trinajstić information content (AvgIpc) is 1.64. The molecule has 11 aromatic carbocycles. The number of aromatic amines is 4. The van der Waals surface area contributed by atoms with Crippen LogP contribution in [0.4, 0.5) is 46.0 Å². The molecule has 36 heteroatoms. The van der Waals surface area contributed by atoms with Gasteiger partial charge in [0, 0.05) is 136 Å². The normalized spacial score (nSPS) is 11.7. The van der Waals surface area contributed by atoms with Gasteiger partial charge in [0.2, 0.25) is 40.1 Å². The minimum Gasteiger partial charge on any atom is -0.508 e. The average molecular weight is 1850 g/mol. The third-order valence-corrected chi connectivity index (χ3v) is 27.6. The van der Waals surface area contributed by atoms with Gasteiger partial charge in [0.1, 0.15) is 17.2 Å². The van der Waals surface area contributed by atoms with Crippen molar-refractivity contribution in [3.05, 3.63) is 293 Å². The number of hydrogen-bond acceptors (Lipinski definition) is 23. The highest BCUT2D eigenvalue weighted by Crippen LogP contribution is 2.45. The van der Waals surface area contributed by atoms with Crippen molar-refractivity contribution >= 4 is 188 Å². The van der Waals surface area contributed by atoms with Gasteiger partial charge in [-0.05, 0) is 185 Å². The molecule has 0 aliphatic carbocycles. The van der Waals surface area contributed by atoms with Crippen LogP contribution in [0, 0.1) is 0 Å². The molecule has 0 bridgehead atoms. The summed E-state index contributed by atoms with van der Waals surface area (Å²) >= 11 is 10.2. The SMILES string of the molecule is COc1ccc(-c2cccc3c(-c4cc(Nc5ccc(S(N)(=O)=O)cc5)n[nH]4)csc23)cc1.NS(=O)(=O)c1ccc(Nc2cc(-c3csc4c(-c5ccc(O)cc5)cccc34)[nH]n2)cc1.NS(=O)(=O)c1ccc(Nc2cc(-c3csc4c(-c5cccc(O)c5)cccc34)[nH]n2)cc1.NS(=O)(=O)c1ccc(Nc2cc(-c3csc4ccc(Br)cc34)[nH]n2)cc1. The monoisotopic (exact) mass is 1850 g/mol. The van der Waals surface area contributed by atoms with Gasteiger partial charge in [-0.3, -0.25) is 20.4 Å². The Morgan fingerprint density at radius 1 is 0.325 bits per heavy atom. The second-order valence-electron chi connectivity index (χ2n) is 27.6. The van der Waals surface area contributed by atoms with Crippen molar-refractivity contribution in [3.63, 3.8) is 0 Å². The molecule has 123 heavy (non-hydrogen) atoms. The number of phenolic OH excluding ortho intramolecular Hbond substituents is 2. The number of benzene rings is 11. The summed E-state index contributed by atoms with van der Waals surface area (Å²) in [5.41, 5.74) is 17.0. The summed E-state index contributed by atoms with van der Waals surface area (Å²) in [6.45, 7) is 0. The van der Waals surface area contributed by atoms with E-state index in [0.29, 0.717) is 46.0 Å². The minimum absolute atomic E-state index is 0.0537. The van der Waals surface area contributed by atoms with E-state index in [2.05, 4.69) is 160 Å². The minimum atomic E-state index is -3.73. The van der Waals surface area contributed by atoms with Crippen molar-refractivity contribution in [2.45, 2.75) is 19.6 Å². The van der Waals surface area contributed by atoms with E-state index < -0.39 is 40.1 Å². The molecule has 0 aliphatic heterocycles. The first-order valence-electron chi connectivity index (χ1n) is 36.8. The molecule has 0 spiro atoms. The second kappa shape index (κ2) is 35.1. The Morgan fingerprint density at radius 3 is 0.976 bits per heavy atom. The summed E-state index contributed by atoms with van der Waals surface area (Å²) in [6, 6.07) is 79.6. The number of aromatic hydroxyl groups is 2. The molecule has 0 aliphatic rings. The van der Waals surface area contributed by atoms with Crippen LogP contribution in [-0.4, -0.2) is 91.8 Å². The summed E-state index contributed by atoms with van der Waals surface area (Å²) in [5.74, 6) is 3.78. The number of ether oxygens (including phenoxy) is 1. The summed E-state index contributed by atoms with van der Waals surface area (Å²) in [4.78, 5) is 0.243. The molecule has 0 saturated heterocycles. The molecule has 0 saturated carbocycles. The predicted molar refractivity (Wildman–Crippen MR) is 496 cm³/mol. The number of fused-ring (bicyclic) bond motifs is 4. The van der Waals surface area contributed by atoms with Crippen LogP contribution in [-0.2, 0) is 40.1 Å². The predicted octanol–water partition coefficient (Wildman–Crippen LogP) is 19.9. The standard InChI is InChI=1S/C24H20N4O3S2.2C23H18N4O3S2.C17H13BrN4O2S2/c1-31-17-9-5-15(6-10-17)19-3-2-4-20-21(14-32-24(19)20)22-13-23(28-27-22)26-16-7-11-18(12-8-16)33(25,29)30;24-32(29,30)17-9-7-15(8-10-17)25-22-12-21(26-27-22)20-13-31-23-18(5-2-6-19(20)23)14-3-1-4-16(28)11-14;24-32(29,30)17-10-6-15(7-11-17)25-22-12-21(26-27-22)20-13-31-23-18(2-1-3-19(20)23)14-4-8-16(28)9-5-14;18-10-1-6-16-13(7-10)14(9-25-16)15-8-17(22-21-15)20-11-2-4-12(5-3-11)26(19,23)24/h2-14H,1H3,(H2,25,29,30)(H2,26,27,28);2*1-13,28H,(H2,24,29,30)(H2,25,26,27);1-9H,(H2,19,23,24)(H2,20,21,22). The van der Waals surface area contributed by atoms with Crippen LogP contribution in [0.5, 0.6) is 17.2 Å². The maximum atomic E-state index is 11.4. The maximum absolute atomic E-state index is 11.4. The fourth-order valence-corrected chi connectivity index (χ4v) is 20.1. The summed E-state index contributed by atoms with van der Waals surface area (Å²) in [7, 11) is -13.2. The van der Waals surface area contributed by atoms with Crippen LogP contribution in [0.1, 0.15) is 0 Å². The van der Waals surface area contributed by atoms with Gasteiger partial charge in [-0.15, -0.1) is 45.3 Å². The Labute approximate surface area is 728 Å². The number of nitrogens with zero attached hydrogens (tertiary/aromatic N) is 4. The first kappa shape index (κ1) is 83.5. The van der Waals surface area contributed by atoms with E-state index in [1.165, 1.54) is 63.5 Å². The lowest BCUT2D eigenvalue weighted by atomic mass is 10.0. The number of rotatable bonds is 20. The van der Waals surface area contributed by atoms with Crippen molar-refractivity contribution in [1.29, 1.82) is 0 Å². The van der Waals surface area contributed by atoms with Crippen LogP contribution in [0.2, 0.25) is 0 Å². The Balaban J connectivity index is 0.000000122. The lowest BCUT2D eigenvalue weighted by Crippen LogP contribution is -2.11. The molecule has 0 atom stereocenters. The molecule has 19 aromatic rings. The van der Waals surface area contributed by atoms with Gasteiger partial charge in [-0.2, -0.15) is 20.4 Å². The number of primary sulfonamides is 4. The molecule has 618 valence electrons. The number of nitrogens with two attached hydrogens (primary N) is 4. The summed E-state index contributed by atoms with van der Waals surface area (Å²) in [5, 5.41) is 95.0. The third kappa shape index (κ3) is 19.3. The van der Waals surface area contributed by atoms with Crippen molar-refractivity contribution in [2.24, 2.45) is 20.6 Å².